The van der Waals surface area contributed by atoms with Crippen LogP contribution in [-0.2, 0) is 13.0 Å². The maximum atomic E-state index is 12.4. The van der Waals surface area contributed by atoms with Crippen molar-refractivity contribution >= 4 is 37.6 Å². The van der Waals surface area contributed by atoms with Crippen molar-refractivity contribution in [2.24, 2.45) is 0 Å². The van der Waals surface area contributed by atoms with Gasteiger partial charge in [0, 0.05) is 16.6 Å². The van der Waals surface area contributed by atoms with Crippen LogP contribution in [0.2, 0.25) is 0 Å². The van der Waals surface area contributed by atoms with Crippen LogP contribution in [0, 0.1) is 13.8 Å². The summed E-state index contributed by atoms with van der Waals surface area (Å²) >= 11 is 6.98. The molecule has 0 radical (unpaired) electrons. The summed E-state index contributed by atoms with van der Waals surface area (Å²) in [6.45, 7) is 6.70. The molecule has 2 aromatic rings. The van der Waals surface area contributed by atoms with E-state index in [1.165, 1.54) is 0 Å². The minimum absolute atomic E-state index is 0.107. The van der Waals surface area contributed by atoms with Crippen LogP contribution in [0.5, 0.6) is 0 Å². The Hall–Kier alpha value is -0.940. The molecule has 0 aliphatic rings. The fraction of sp³-hybridized carbons (Fsp3) is 0.333. The number of carbonyl (C=O) groups is 1. The number of rotatable bonds is 4. The molecule has 1 aromatic heterocycles. The fourth-order valence-corrected chi connectivity index (χ4v) is 2.78. The van der Waals surface area contributed by atoms with E-state index >= 15 is 0 Å². The van der Waals surface area contributed by atoms with Gasteiger partial charge < -0.3 is 0 Å². The average Bonchev–Trinajstić information content (AvgIpc) is 2.69. The highest BCUT2D eigenvalue weighted by molar-refractivity contribution is 9.10. The second-order valence-electron chi connectivity index (χ2n) is 4.73. The zero-order valence-corrected chi connectivity index (χ0v) is 14.9. The predicted molar refractivity (Wildman–Crippen MR) is 87.3 cm³/mol. The van der Waals surface area contributed by atoms with Gasteiger partial charge in [0.05, 0.1) is 22.3 Å². The number of aromatic nitrogens is 2. The third kappa shape index (κ3) is 3.04. The largest absolute Gasteiger partial charge is 0.294 e. The lowest BCUT2D eigenvalue weighted by molar-refractivity contribution is 0.0990. The Bertz CT molecular complexity index is 662. The molecule has 20 heavy (non-hydrogen) atoms. The van der Waals surface area contributed by atoms with Crippen molar-refractivity contribution in [2.75, 3.05) is 0 Å². The molecule has 0 fully saturated rings. The topological polar surface area (TPSA) is 34.9 Å². The minimum Gasteiger partial charge on any atom is -0.294 e. The van der Waals surface area contributed by atoms with Gasteiger partial charge in [0.2, 0.25) is 0 Å². The number of Topliss-reactive ketones (excluding diaryl/α,β-unsaturated/α-hetero) is 1. The van der Waals surface area contributed by atoms with Gasteiger partial charge in [-0.05, 0) is 54.4 Å². The van der Waals surface area contributed by atoms with Crippen molar-refractivity contribution in [1.29, 1.82) is 0 Å². The van der Waals surface area contributed by atoms with Crippen LogP contribution in [0.4, 0.5) is 0 Å². The first kappa shape index (κ1) is 15.4. The summed E-state index contributed by atoms with van der Waals surface area (Å²) in [5.41, 5.74) is 3.66. The molecule has 2 rings (SSSR count). The van der Waals surface area contributed by atoms with E-state index in [1.807, 2.05) is 43.7 Å². The van der Waals surface area contributed by atoms with E-state index in [-0.39, 0.29) is 5.78 Å². The molecule has 0 amide bonds. The van der Waals surface area contributed by atoms with Crippen LogP contribution >= 0.6 is 31.9 Å². The molecule has 0 saturated carbocycles. The molecule has 0 aliphatic heterocycles. The Morgan fingerprint density at radius 1 is 1.30 bits per heavy atom. The van der Waals surface area contributed by atoms with Gasteiger partial charge in [-0.15, -0.1) is 0 Å². The summed E-state index contributed by atoms with van der Waals surface area (Å²) in [5.74, 6) is 0.107. The van der Waals surface area contributed by atoms with Gasteiger partial charge in [0.1, 0.15) is 0 Å². The van der Waals surface area contributed by atoms with Crippen LogP contribution in [0.3, 0.4) is 0 Å². The number of aryl methyl sites for hydroxylation is 3. The molecule has 3 nitrogen and oxygen atoms in total. The molecule has 5 heteroatoms. The zero-order chi connectivity index (χ0) is 14.9. The van der Waals surface area contributed by atoms with E-state index < -0.39 is 0 Å². The van der Waals surface area contributed by atoms with E-state index in [1.54, 1.807) is 0 Å². The predicted octanol–water partition coefficient (Wildman–Crippen LogP) is 4.47. The van der Waals surface area contributed by atoms with Crippen molar-refractivity contribution < 1.29 is 4.79 Å². The summed E-state index contributed by atoms with van der Waals surface area (Å²) in [5, 5.41) is 4.42. The molecular formula is C15H16Br2N2O. The summed E-state index contributed by atoms with van der Waals surface area (Å²) in [6.07, 6.45) is 0.357. The van der Waals surface area contributed by atoms with Gasteiger partial charge in [-0.25, -0.2) is 0 Å². The van der Waals surface area contributed by atoms with Crippen molar-refractivity contribution in [3.63, 3.8) is 0 Å². The fourth-order valence-electron chi connectivity index (χ4n) is 2.11. The van der Waals surface area contributed by atoms with Gasteiger partial charge in [-0.1, -0.05) is 22.0 Å². The van der Waals surface area contributed by atoms with Gasteiger partial charge in [-0.3, -0.25) is 9.48 Å². The zero-order valence-electron chi connectivity index (χ0n) is 11.7. The summed E-state index contributed by atoms with van der Waals surface area (Å²) in [7, 11) is 0. The van der Waals surface area contributed by atoms with Gasteiger partial charge in [0.15, 0.2) is 5.78 Å². The molecule has 106 valence electrons. The van der Waals surface area contributed by atoms with E-state index in [2.05, 4.69) is 37.0 Å². The molecule has 1 aromatic carbocycles. The number of nitrogens with zero attached hydrogens (tertiary/aromatic N) is 2. The number of hydrogen-bond acceptors (Lipinski definition) is 2. The van der Waals surface area contributed by atoms with Crippen molar-refractivity contribution in [3.8, 4) is 0 Å². The number of benzene rings is 1. The first-order valence-electron chi connectivity index (χ1n) is 6.45. The van der Waals surface area contributed by atoms with Crippen LogP contribution in [0.15, 0.2) is 27.1 Å². The maximum Gasteiger partial charge on any atom is 0.168 e. The Kier molecular flexibility index (Phi) is 4.81. The van der Waals surface area contributed by atoms with E-state index in [0.717, 1.165) is 38.0 Å². The molecule has 0 saturated heterocycles. The molecular weight excluding hydrogens is 384 g/mol. The van der Waals surface area contributed by atoms with Gasteiger partial charge >= 0.3 is 0 Å². The lowest BCUT2D eigenvalue weighted by Crippen LogP contribution is -2.10. The summed E-state index contributed by atoms with van der Waals surface area (Å²) in [6, 6.07) is 5.69. The smallest absolute Gasteiger partial charge is 0.168 e. The third-order valence-corrected chi connectivity index (χ3v) is 5.18. The molecule has 0 aliphatic carbocycles. The minimum atomic E-state index is 0.107. The molecule has 0 unspecified atom stereocenters. The third-order valence-electron chi connectivity index (χ3n) is 3.26. The van der Waals surface area contributed by atoms with Crippen LogP contribution in [0.1, 0.15) is 34.2 Å². The molecule has 0 bridgehead atoms. The Labute approximate surface area is 135 Å². The van der Waals surface area contributed by atoms with Gasteiger partial charge in [-0.2, -0.15) is 5.10 Å². The highest BCUT2D eigenvalue weighted by atomic mass is 79.9. The number of halogens is 2. The van der Waals surface area contributed by atoms with Crippen molar-refractivity contribution in [2.45, 2.75) is 33.7 Å². The van der Waals surface area contributed by atoms with E-state index in [9.17, 15) is 4.79 Å². The highest BCUT2D eigenvalue weighted by Gasteiger charge is 2.17. The van der Waals surface area contributed by atoms with Crippen molar-refractivity contribution in [1.82, 2.24) is 9.78 Å². The highest BCUT2D eigenvalue weighted by Crippen LogP contribution is 2.23. The SMILES string of the molecule is CCn1nc(C)c(Br)c1CC(=O)c1ccc(Br)c(C)c1. The maximum absolute atomic E-state index is 12.4. The van der Waals surface area contributed by atoms with Crippen LogP contribution < -0.4 is 0 Å². The Morgan fingerprint density at radius 3 is 2.60 bits per heavy atom. The molecule has 0 spiro atoms. The summed E-state index contributed by atoms with van der Waals surface area (Å²) < 4.78 is 3.83. The first-order valence-corrected chi connectivity index (χ1v) is 8.03. The second-order valence-corrected chi connectivity index (χ2v) is 6.37. The van der Waals surface area contributed by atoms with E-state index in [4.69, 9.17) is 0 Å². The lowest BCUT2D eigenvalue weighted by Gasteiger charge is -2.06. The standard InChI is InChI=1S/C15H16Br2N2O/c1-4-19-13(15(17)10(3)18-19)8-14(20)11-5-6-12(16)9(2)7-11/h5-7H,4,8H2,1-3H3. The van der Waals surface area contributed by atoms with E-state index in [0.29, 0.717) is 6.42 Å². The quantitative estimate of drug-likeness (QED) is 0.710. The van der Waals surface area contributed by atoms with Crippen LogP contribution in [0.25, 0.3) is 0 Å². The van der Waals surface area contributed by atoms with Crippen molar-refractivity contribution in [3.05, 3.63) is 49.7 Å². The normalized spacial score (nSPS) is 10.8. The Morgan fingerprint density at radius 2 is 2.00 bits per heavy atom. The Balaban J connectivity index is 2.30. The molecule has 0 atom stereocenters. The monoisotopic (exact) mass is 398 g/mol. The van der Waals surface area contributed by atoms with Crippen LogP contribution in [-0.4, -0.2) is 15.6 Å². The average molecular weight is 400 g/mol. The number of ketones is 1. The number of carbonyl (C=O) groups excluding carboxylic acids is 1. The summed E-state index contributed by atoms with van der Waals surface area (Å²) in [4.78, 5) is 12.4. The molecule has 1 heterocycles. The first-order chi connectivity index (χ1) is 9.43. The number of hydrogen-bond donors (Lipinski definition) is 0. The van der Waals surface area contributed by atoms with Gasteiger partial charge in [0.25, 0.3) is 0 Å². The lowest BCUT2D eigenvalue weighted by atomic mass is 10.0. The molecule has 0 N–H and O–H groups in total. The second kappa shape index (κ2) is 6.22.